The summed E-state index contributed by atoms with van der Waals surface area (Å²) in [5, 5.41) is 13.4. The minimum atomic E-state index is -0.219. The Morgan fingerprint density at radius 2 is 1.40 bits per heavy atom. The van der Waals surface area contributed by atoms with Gasteiger partial charge >= 0.3 is 0 Å². The van der Waals surface area contributed by atoms with Crippen molar-refractivity contribution >= 4 is 40.6 Å². The highest BCUT2D eigenvalue weighted by Gasteiger charge is 2.10. The monoisotopic (exact) mass is 397 g/mol. The van der Waals surface area contributed by atoms with Crippen molar-refractivity contribution in [2.75, 3.05) is 11.9 Å². The molecule has 3 aromatic rings. The van der Waals surface area contributed by atoms with Crippen LogP contribution >= 0.6 is 34.8 Å². The lowest BCUT2D eigenvalue weighted by Crippen LogP contribution is -2.15. The molecule has 1 atom stereocenters. The zero-order chi connectivity index (χ0) is 18.1. The van der Waals surface area contributed by atoms with E-state index in [0.29, 0.717) is 21.3 Å². The average Bonchev–Trinajstić information content (AvgIpc) is 2.61. The van der Waals surface area contributed by atoms with Gasteiger partial charge in [0.1, 0.15) is 21.3 Å². The van der Waals surface area contributed by atoms with Crippen LogP contribution in [-0.2, 0) is 0 Å². The number of hydrogen-bond donors (Lipinski definition) is 2. The third-order valence-corrected chi connectivity index (χ3v) is 3.43. The third-order valence-electron chi connectivity index (χ3n) is 2.89. The number of anilines is 1. The van der Waals surface area contributed by atoms with E-state index < -0.39 is 0 Å². The van der Waals surface area contributed by atoms with Crippen molar-refractivity contribution in [2.45, 2.75) is 6.04 Å². The molecule has 0 saturated carbocycles. The summed E-state index contributed by atoms with van der Waals surface area (Å²) in [6.07, 6.45) is 5.88. The molecular weight excluding hydrogens is 385 g/mol. The molecule has 9 heteroatoms. The van der Waals surface area contributed by atoms with Crippen LogP contribution in [0, 0.1) is 0 Å². The van der Waals surface area contributed by atoms with Gasteiger partial charge in [-0.1, -0.05) is 65.1 Å². The van der Waals surface area contributed by atoms with Gasteiger partial charge in [0.15, 0.2) is 0 Å². The SMILES string of the molecule is Clc1cncc(Cl)n1.OC[C@H](Nc1cncc(Cl)n1)c1ccccc1. The smallest absolute Gasteiger partial charge is 0.149 e. The van der Waals surface area contributed by atoms with Crippen molar-refractivity contribution in [1.29, 1.82) is 0 Å². The fraction of sp³-hybridized carbons (Fsp3) is 0.125. The third kappa shape index (κ3) is 6.80. The summed E-state index contributed by atoms with van der Waals surface area (Å²) in [7, 11) is 0. The number of rotatable bonds is 4. The lowest BCUT2D eigenvalue weighted by Gasteiger charge is -2.16. The van der Waals surface area contributed by atoms with Crippen LogP contribution in [0.3, 0.4) is 0 Å². The van der Waals surface area contributed by atoms with E-state index in [2.05, 4.69) is 25.3 Å². The molecule has 0 unspecified atom stereocenters. The lowest BCUT2D eigenvalue weighted by molar-refractivity contribution is 0.276. The second kappa shape index (κ2) is 10.1. The Morgan fingerprint density at radius 3 is 1.88 bits per heavy atom. The van der Waals surface area contributed by atoms with Crippen molar-refractivity contribution in [3.05, 3.63) is 76.1 Å². The van der Waals surface area contributed by atoms with Crippen molar-refractivity contribution in [1.82, 2.24) is 19.9 Å². The van der Waals surface area contributed by atoms with Crippen LogP contribution in [0.1, 0.15) is 11.6 Å². The Bertz CT molecular complexity index is 774. The van der Waals surface area contributed by atoms with Crippen LogP contribution in [0.4, 0.5) is 5.82 Å². The van der Waals surface area contributed by atoms with Gasteiger partial charge in [-0.2, -0.15) is 0 Å². The molecule has 0 aliphatic carbocycles. The second-order valence-corrected chi connectivity index (χ2v) is 5.84. The van der Waals surface area contributed by atoms with E-state index in [-0.39, 0.29) is 12.6 Å². The molecular formula is C16H14Cl3N5O. The maximum absolute atomic E-state index is 9.37. The summed E-state index contributed by atoms with van der Waals surface area (Å²) in [6, 6.07) is 9.42. The predicted molar refractivity (Wildman–Crippen MR) is 99.0 cm³/mol. The van der Waals surface area contributed by atoms with E-state index in [1.807, 2.05) is 30.3 Å². The standard InChI is InChI=1S/C12H12ClN3O.C4H2Cl2N2/c13-11-6-14-7-12(16-11)15-10(8-17)9-4-2-1-3-5-9;5-3-1-7-2-4(6)8-3/h1-7,10,17H,8H2,(H,15,16);1-2H/t10-;/m0./s1. The molecule has 0 radical (unpaired) electrons. The van der Waals surface area contributed by atoms with E-state index in [0.717, 1.165) is 5.56 Å². The van der Waals surface area contributed by atoms with E-state index in [4.69, 9.17) is 34.8 Å². The number of halogens is 3. The summed E-state index contributed by atoms with van der Waals surface area (Å²) in [4.78, 5) is 15.3. The number of benzene rings is 1. The van der Waals surface area contributed by atoms with Crippen LogP contribution in [0.15, 0.2) is 55.1 Å². The van der Waals surface area contributed by atoms with Crippen LogP contribution in [0.25, 0.3) is 0 Å². The molecule has 0 amide bonds. The number of nitrogens with one attached hydrogen (secondary N) is 1. The largest absolute Gasteiger partial charge is 0.394 e. The quantitative estimate of drug-likeness (QED) is 0.689. The van der Waals surface area contributed by atoms with Gasteiger partial charge in [0.25, 0.3) is 0 Å². The minimum Gasteiger partial charge on any atom is -0.394 e. The summed E-state index contributed by atoms with van der Waals surface area (Å²) >= 11 is 16.5. The van der Waals surface area contributed by atoms with Gasteiger partial charge in [-0.15, -0.1) is 0 Å². The Balaban J connectivity index is 0.000000236. The molecule has 3 rings (SSSR count). The van der Waals surface area contributed by atoms with Crippen molar-refractivity contribution in [2.24, 2.45) is 0 Å². The summed E-state index contributed by atoms with van der Waals surface area (Å²) in [6.45, 7) is -0.0296. The molecule has 0 spiro atoms. The van der Waals surface area contributed by atoms with Crippen molar-refractivity contribution in [3.8, 4) is 0 Å². The van der Waals surface area contributed by atoms with Crippen LogP contribution < -0.4 is 5.32 Å². The van der Waals surface area contributed by atoms with Gasteiger partial charge in [-0.25, -0.2) is 9.97 Å². The molecule has 6 nitrogen and oxygen atoms in total. The molecule has 130 valence electrons. The molecule has 1 aromatic carbocycles. The number of aromatic nitrogens is 4. The summed E-state index contributed by atoms with van der Waals surface area (Å²) in [5.74, 6) is 0.542. The number of hydrogen-bond acceptors (Lipinski definition) is 6. The lowest BCUT2D eigenvalue weighted by atomic mass is 10.1. The van der Waals surface area contributed by atoms with Crippen molar-refractivity contribution < 1.29 is 5.11 Å². The molecule has 0 aliphatic heterocycles. The van der Waals surface area contributed by atoms with Gasteiger partial charge in [0, 0.05) is 0 Å². The first kappa shape index (κ1) is 19.3. The Kier molecular flexibility index (Phi) is 7.81. The molecule has 2 aromatic heterocycles. The normalized spacial score (nSPS) is 11.2. The number of aliphatic hydroxyl groups excluding tert-OH is 1. The molecule has 0 aliphatic rings. The highest BCUT2D eigenvalue weighted by molar-refractivity contribution is 6.32. The first-order valence-corrected chi connectivity index (χ1v) is 8.25. The zero-order valence-corrected chi connectivity index (χ0v) is 15.1. The Labute approximate surface area is 159 Å². The van der Waals surface area contributed by atoms with Gasteiger partial charge in [-0.3, -0.25) is 9.97 Å². The van der Waals surface area contributed by atoms with E-state index in [1.54, 1.807) is 6.20 Å². The highest BCUT2D eigenvalue weighted by atomic mass is 35.5. The fourth-order valence-corrected chi connectivity index (χ4v) is 2.32. The summed E-state index contributed by atoms with van der Waals surface area (Å²) < 4.78 is 0. The van der Waals surface area contributed by atoms with E-state index >= 15 is 0 Å². The predicted octanol–water partition coefficient (Wildman–Crippen LogP) is 4.06. The van der Waals surface area contributed by atoms with Crippen LogP contribution in [-0.4, -0.2) is 31.6 Å². The molecule has 0 bridgehead atoms. The summed E-state index contributed by atoms with van der Waals surface area (Å²) in [5.41, 5.74) is 0.983. The Hall–Kier alpha value is -1.99. The maximum Gasteiger partial charge on any atom is 0.149 e. The molecule has 2 N–H and O–H groups in total. The molecule has 2 heterocycles. The van der Waals surface area contributed by atoms with Gasteiger partial charge < -0.3 is 10.4 Å². The fourth-order valence-electron chi connectivity index (χ4n) is 1.83. The van der Waals surface area contributed by atoms with Gasteiger partial charge in [0.05, 0.1) is 37.4 Å². The Morgan fingerprint density at radius 1 is 0.840 bits per heavy atom. The van der Waals surface area contributed by atoms with Crippen LogP contribution in [0.2, 0.25) is 15.5 Å². The average molecular weight is 399 g/mol. The van der Waals surface area contributed by atoms with Gasteiger partial charge in [0.2, 0.25) is 0 Å². The zero-order valence-electron chi connectivity index (χ0n) is 12.9. The molecule has 25 heavy (non-hydrogen) atoms. The number of nitrogens with zero attached hydrogens (tertiary/aromatic N) is 4. The van der Waals surface area contributed by atoms with E-state index in [1.165, 1.54) is 18.6 Å². The van der Waals surface area contributed by atoms with Crippen LogP contribution in [0.5, 0.6) is 0 Å². The number of aliphatic hydroxyl groups is 1. The van der Waals surface area contributed by atoms with Crippen molar-refractivity contribution in [3.63, 3.8) is 0 Å². The van der Waals surface area contributed by atoms with E-state index in [9.17, 15) is 5.11 Å². The second-order valence-electron chi connectivity index (χ2n) is 4.68. The molecule has 0 saturated heterocycles. The van der Waals surface area contributed by atoms with Gasteiger partial charge in [-0.05, 0) is 5.56 Å². The minimum absolute atomic E-state index is 0.0296. The topological polar surface area (TPSA) is 83.8 Å². The molecule has 0 fully saturated rings. The first-order chi connectivity index (χ1) is 12.1. The first-order valence-electron chi connectivity index (χ1n) is 7.11. The maximum atomic E-state index is 9.37. The highest BCUT2D eigenvalue weighted by Crippen LogP contribution is 2.18.